The van der Waals surface area contributed by atoms with Gasteiger partial charge in [0.05, 0.1) is 9.79 Å². The molecule has 18 heavy (non-hydrogen) atoms. The maximum absolute atomic E-state index is 12.1. The highest BCUT2D eigenvalue weighted by atomic mass is 33.1. The Morgan fingerprint density at radius 3 is 1.33 bits per heavy atom. The first-order valence-corrected chi connectivity index (χ1v) is 7.83. The molecule has 0 bridgehead atoms. The molecular formula is C12H10O4S2. The molecule has 0 aliphatic heterocycles. The lowest BCUT2D eigenvalue weighted by atomic mass is 10.3. The van der Waals surface area contributed by atoms with Gasteiger partial charge in [0.1, 0.15) is 11.5 Å². The fourth-order valence-corrected chi connectivity index (χ4v) is 4.37. The van der Waals surface area contributed by atoms with E-state index < -0.39 is 19.7 Å². The monoisotopic (exact) mass is 282 g/mol. The molecular weight excluding hydrogens is 272 g/mol. The lowest BCUT2D eigenvalue weighted by molar-refractivity contribution is 0.460. The van der Waals surface area contributed by atoms with E-state index >= 15 is 0 Å². The van der Waals surface area contributed by atoms with Crippen LogP contribution in [0.4, 0.5) is 0 Å². The molecule has 0 aromatic heterocycles. The third kappa shape index (κ3) is 2.44. The van der Waals surface area contributed by atoms with Crippen molar-refractivity contribution in [3.05, 3.63) is 48.5 Å². The van der Waals surface area contributed by atoms with Crippen LogP contribution < -0.4 is 0 Å². The number of phenolic OH excluding ortho intramolecular Hbond substituents is 2. The molecule has 0 amide bonds. The highest BCUT2D eigenvalue weighted by molar-refractivity contribution is 8.61. The summed E-state index contributed by atoms with van der Waals surface area (Å²) in [5, 5.41) is 19.1. The van der Waals surface area contributed by atoms with Gasteiger partial charge in [-0.1, -0.05) is 24.3 Å². The van der Waals surface area contributed by atoms with Crippen LogP contribution in [0.3, 0.4) is 0 Å². The normalized spacial score (nSPS) is 14.0. The lowest BCUT2D eigenvalue weighted by Gasteiger charge is -2.05. The lowest BCUT2D eigenvalue weighted by Crippen LogP contribution is -2.01. The summed E-state index contributed by atoms with van der Waals surface area (Å²) in [6.07, 6.45) is 0. The Kier molecular flexibility index (Phi) is 3.78. The molecule has 2 N–H and O–H groups in total. The fourth-order valence-electron chi connectivity index (χ4n) is 1.36. The number of benzene rings is 2. The highest BCUT2D eigenvalue weighted by Gasteiger charge is 2.20. The zero-order valence-electron chi connectivity index (χ0n) is 9.15. The number of aromatic hydroxyl groups is 2. The van der Waals surface area contributed by atoms with E-state index in [1.165, 1.54) is 24.3 Å². The Morgan fingerprint density at radius 2 is 1.00 bits per heavy atom. The third-order valence-corrected chi connectivity index (χ3v) is 5.81. The van der Waals surface area contributed by atoms with Crippen molar-refractivity contribution >= 4 is 19.7 Å². The van der Waals surface area contributed by atoms with Crippen molar-refractivity contribution in [1.82, 2.24) is 0 Å². The van der Waals surface area contributed by atoms with E-state index in [-0.39, 0.29) is 21.3 Å². The molecule has 0 saturated carbocycles. The molecule has 94 valence electrons. The topological polar surface area (TPSA) is 74.6 Å². The molecule has 2 rings (SSSR count). The molecule has 0 spiro atoms. The van der Waals surface area contributed by atoms with Crippen molar-refractivity contribution in [1.29, 1.82) is 0 Å². The number of phenols is 2. The minimum atomic E-state index is -1.94. The van der Waals surface area contributed by atoms with E-state index in [2.05, 4.69) is 0 Å². The maximum atomic E-state index is 12.1. The Labute approximate surface area is 108 Å². The van der Waals surface area contributed by atoms with Gasteiger partial charge in [0.2, 0.25) is 0 Å². The van der Waals surface area contributed by atoms with Crippen LogP contribution in [0.5, 0.6) is 11.5 Å². The summed E-state index contributed by atoms with van der Waals surface area (Å²) in [5.74, 6) is -0.362. The average molecular weight is 282 g/mol. The van der Waals surface area contributed by atoms with Crippen molar-refractivity contribution in [3.8, 4) is 11.5 Å². The molecule has 0 aliphatic rings. The van der Waals surface area contributed by atoms with Gasteiger partial charge in [-0.15, -0.1) is 0 Å². The minimum absolute atomic E-state index is 0.0825. The van der Waals surface area contributed by atoms with Crippen molar-refractivity contribution in [2.24, 2.45) is 0 Å². The third-order valence-electron chi connectivity index (χ3n) is 2.23. The Bertz CT molecular complexity index is 569. The standard InChI is InChI=1S/C12H10O4S2/c13-9-5-1-3-7-11(9)17(15)18(16)12-8-4-2-6-10(12)14/h1-8,13-14H. The van der Waals surface area contributed by atoms with E-state index in [1.807, 2.05) is 0 Å². The Morgan fingerprint density at radius 1 is 0.667 bits per heavy atom. The molecule has 2 aromatic rings. The first kappa shape index (κ1) is 12.8. The van der Waals surface area contributed by atoms with E-state index in [9.17, 15) is 18.6 Å². The van der Waals surface area contributed by atoms with E-state index in [4.69, 9.17) is 0 Å². The molecule has 0 saturated heterocycles. The van der Waals surface area contributed by atoms with Crippen LogP contribution in [0.2, 0.25) is 0 Å². The van der Waals surface area contributed by atoms with Gasteiger partial charge < -0.3 is 10.2 Å². The molecule has 2 unspecified atom stereocenters. The van der Waals surface area contributed by atoms with Crippen molar-refractivity contribution < 1.29 is 18.6 Å². The largest absolute Gasteiger partial charge is 0.507 e. The molecule has 6 heteroatoms. The molecule has 0 heterocycles. The van der Waals surface area contributed by atoms with Gasteiger partial charge in [-0.2, -0.15) is 0 Å². The SMILES string of the molecule is O=S(c1ccccc1O)S(=O)c1ccccc1O. The second kappa shape index (κ2) is 5.32. The zero-order valence-corrected chi connectivity index (χ0v) is 10.8. The summed E-state index contributed by atoms with van der Waals surface area (Å²) >= 11 is 0. The van der Waals surface area contributed by atoms with Crippen molar-refractivity contribution in [2.75, 3.05) is 0 Å². The number of rotatable bonds is 3. The van der Waals surface area contributed by atoms with Crippen LogP contribution in [0.1, 0.15) is 0 Å². The van der Waals surface area contributed by atoms with E-state index in [1.54, 1.807) is 24.3 Å². The molecule has 0 aliphatic carbocycles. The van der Waals surface area contributed by atoms with Crippen molar-refractivity contribution in [2.45, 2.75) is 9.79 Å². The van der Waals surface area contributed by atoms with Gasteiger partial charge in [0.25, 0.3) is 0 Å². The van der Waals surface area contributed by atoms with E-state index in [0.717, 1.165) is 0 Å². The van der Waals surface area contributed by atoms with Crippen LogP contribution >= 0.6 is 0 Å². The molecule has 2 atom stereocenters. The average Bonchev–Trinajstić information content (AvgIpc) is 2.38. The van der Waals surface area contributed by atoms with Crippen molar-refractivity contribution in [3.63, 3.8) is 0 Å². The maximum Gasteiger partial charge on any atom is 0.151 e. The summed E-state index contributed by atoms with van der Waals surface area (Å²) < 4.78 is 24.1. The molecule has 0 fully saturated rings. The fraction of sp³-hybridized carbons (Fsp3) is 0. The second-order valence-corrected chi connectivity index (χ2v) is 7.04. The summed E-state index contributed by atoms with van der Waals surface area (Å²) in [6.45, 7) is 0. The van der Waals surface area contributed by atoms with Gasteiger partial charge >= 0.3 is 0 Å². The molecule has 2 aromatic carbocycles. The Hall–Kier alpha value is -1.66. The molecule has 4 nitrogen and oxygen atoms in total. The second-order valence-electron chi connectivity index (χ2n) is 3.40. The van der Waals surface area contributed by atoms with Crippen LogP contribution in [0.25, 0.3) is 0 Å². The number of hydrogen-bond donors (Lipinski definition) is 2. The van der Waals surface area contributed by atoms with Crippen LogP contribution in [-0.2, 0) is 19.7 Å². The van der Waals surface area contributed by atoms with Gasteiger partial charge in [-0.25, -0.2) is 8.42 Å². The smallest absolute Gasteiger partial charge is 0.151 e. The summed E-state index contributed by atoms with van der Waals surface area (Å²) in [4.78, 5) is 0.165. The van der Waals surface area contributed by atoms with Gasteiger partial charge in [-0.05, 0) is 24.3 Å². The van der Waals surface area contributed by atoms with Gasteiger partial charge in [-0.3, -0.25) is 0 Å². The zero-order chi connectivity index (χ0) is 13.1. The first-order chi connectivity index (χ1) is 8.61. The summed E-state index contributed by atoms with van der Waals surface area (Å²) in [6, 6.07) is 12.0. The highest BCUT2D eigenvalue weighted by Crippen LogP contribution is 2.28. The van der Waals surface area contributed by atoms with Gasteiger partial charge in [0, 0.05) is 0 Å². The number of para-hydroxylation sites is 2. The Balaban J connectivity index is 2.39. The number of hydrogen-bond acceptors (Lipinski definition) is 4. The first-order valence-electron chi connectivity index (χ1n) is 5.01. The predicted molar refractivity (Wildman–Crippen MR) is 69.0 cm³/mol. The van der Waals surface area contributed by atoms with Crippen LogP contribution in [0, 0.1) is 0 Å². The van der Waals surface area contributed by atoms with Crippen LogP contribution in [0.15, 0.2) is 58.3 Å². The van der Waals surface area contributed by atoms with Crippen LogP contribution in [-0.4, -0.2) is 18.6 Å². The predicted octanol–water partition coefficient (Wildman–Crippen LogP) is 1.93. The molecule has 0 radical (unpaired) electrons. The van der Waals surface area contributed by atoms with E-state index in [0.29, 0.717) is 0 Å². The quantitative estimate of drug-likeness (QED) is 0.844. The summed E-state index contributed by atoms with van der Waals surface area (Å²) in [5.41, 5.74) is 0. The summed E-state index contributed by atoms with van der Waals surface area (Å²) in [7, 11) is -3.88. The van der Waals surface area contributed by atoms with Gasteiger partial charge in [0.15, 0.2) is 19.7 Å². The minimum Gasteiger partial charge on any atom is -0.507 e.